The molecule has 15 heteroatoms. The van der Waals surface area contributed by atoms with Crippen LogP contribution in [0.4, 0.5) is 8.78 Å². The number of aromatic nitrogens is 4. The Morgan fingerprint density at radius 2 is 1.32 bits per heavy atom. The summed E-state index contributed by atoms with van der Waals surface area (Å²) in [4.78, 5) is 13.5. The number of ether oxygens (including phenoxy) is 2. The van der Waals surface area contributed by atoms with Gasteiger partial charge in [-0.3, -0.25) is 0 Å². The van der Waals surface area contributed by atoms with Gasteiger partial charge in [-0.1, -0.05) is 129 Å². The fourth-order valence-corrected chi connectivity index (χ4v) is 7.32. The summed E-state index contributed by atoms with van der Waals surface area (Å²) in [5, 5.41) is 70.8. The molecule has 2 heterocycles. The van der Waals surface area contributed by atoms with E-state index in [1.807, 2.05) is 0 Å². The monoisotopic (exact) mass is 801 g/mol. The molecule has 1 aliphatic heterocycles. The molecule has 2 aromatic rings. The maximum absolute atomic E-state index is 13.5. The summed E-state index contributed by atoms with van der Waals surface area (Å²) in [6.45, 7) is 1.41. The Balaban J connectivity index is 1.46. The molecule has 3 rings (SSSR count). The van der Waals surface area contributed by atoms with Crippen molar-refractivity contribution in [3.8, 4) is 0 Å². The average molecular weight is 801 g/mol. The lowest BCUT2D eigenvalue weighted by Gasteiger charge is -2.40. The third kappa shape index (κ3) is 16.5. The average Bonchev–Trinajstić information content (AvgIpc) is 3.55. The topological polar surface area (TPSA) is 193 Å². The number of hydrogen-bond acceptors (Lipinski definition) is 11. The van der Waals surface area contributed by atoms with E-state index in [4.69, 9.17) is 9.47 Å². The second-order valence-electron chi connectivity index (χ2n) is 15.6. The van der Waals surface area contributed by atoms with Gasteiger partial charge in [-0.05, 0) is 53.8 Å². The lowest BCUT2D eigenvalue weighted by Crippen LogP contribution is -2.59. The third-order valence-electron chi connectivity index (χ3n) is 11.0. The van der Waals surface area contributed by atoms with Crippen LogP contribution in [-0.4, -0.2) is 107 Å². The first-order chi connectivity index (χ1) is 27.1. The van der Waals surface area contributed by atoms with Gasteiger partial charge in [0.1, 0.15) is 36.6 Å². The number of unbranched alkanes of at least 4 members (excludes halogenated alkanes) is 18. The molecule has 56 heavy (non-hydrogen) atoms. The molecule has 1 aliphatic rings. The van der Waals surface area contributed by atoms with Crippen molar-refractivity contribution in [1.29, 1.82) is 0 Å². The predicted octanol–water partition coefficient (Wildman–Crippen LogP) is 5.25. The molecule has 322 valence electrons. The van der Waals surface area contributed by atoms with E-state index in [-0.39, 0.29) is 6.42 Å². The summed E-state index contributed by atoms with van der Waals surface area (Å²) in [5.41, 5.74) is 0.189. The second kappa shape index (κ2) is 27.3. The van der Waals surface area contributed by atoms with Crippen molar-refractivity contribution in [2.75, 3.05) is 13.2 Å². The van der Waals surface area contributed by atoms with Gasteiger partial charge in [0.15, 0.2) is 17.9 Å². The quantitative estimate of drug-likeness (QED) is 0.0546. The summed E-state index contributed by atoms with van der Waals surface area (Å²) in [6.07, 6.45) is 12.0. The third-order valence-corrected chi connectivity index (χ3v) is 11.0. The number of aliphatic hydroxyl groups is 6. The molecule has 1 aromatic carbocycles. The number of aryl methyl sites for hydroxylation is 2. The van der Waals surface area contributed by atoms with Crippen LogP contribution in [0.1, 0.15) is 153 Å². The normalized spacial score (nSPS) is 21.7. The summed E-state index contributed by atoms with van der Waals surface area (Å²) in [7, 11) is 0. The molecule has 8 atom stereocenters. The Hall–Kier alpha value is -2.37. The van der Waals surface area contributed by atoms with Gasteiger partial charge < -0.3 is 40.1 Å². The van der Waals surface area contributed by atoms with Gasteiger partial charge in [0, 0.05) is 6.54 Å². The van der Waals surface area contributed by atoms with Crippen molar-refractivity contribution in [1.82, 2.24) is 19.8 Å². The second-order valence-corrected chi connectivity index (χ2v) is 15.6. The molecule has 0 spiro atoms. The minimum absolute atomic E-state index is 0.284. The largest absolute Gasteiger partial charge is 0.394 e. The molecule has 0 aliphatic carbocycles. The number of aliphatic hydroxyl groups excluding tert-OH is 6. The molecule has 0 amide bonds. The standard InChI is InChI=1S/C41H70F2N4O9/c1-2-3-4-5-6-7-8-9-10-14-17-20-23-34(49)36(50)33(29-55-40-39(53)38(52)37(51)35(28-48)56-40)47-41(54)46(44-45-47)26-21-18-15-12-11-13-16-19-22-30-24-25-31(42)32(43)27-30/h24-25,27,33-40,48-53H,2-23,26,28-29H2,1H3/t33-,34+,35?,36-,37?,38?,39?,40?/m0/s1. The molecule has 1 aromatic heterocycles. The van der Waals surface area contributed by atoms with Gasteiger partial charge in [0.25, 0.3) is 0 Å². The van der Waals surface area contributed by atoms with E-state index in [2.05, 4.69) is 17.4 Å². The van der Waals surface area contributed by atoms with E-state index in [0.717, 1.165) is 80.5 Å². The molecule has 5 unspecified atom stereocenters. The van der Waals surface area contributed by atoms with Crippen LogP contribution in [0.3, 0.4) is 0 Å². The Labute approximate surface area is 331 Å². The molecule has 0 radical (unpaired) electrons. The molecular formula is C41H70F2N4O9. The van der Waals surface area contributed by atoms with Crippen LogP contribution in [0.2, 0.25) is 0 Å². The van der Waals surface area contributed by atoms with Gasteiger partial charge >= 0.3 is 5.69 Å². The highest BCUT2D eigenvalue weighted by Gasteiger charge is 2.45. The highest BCUT2D eigenvalue weighted by molar-refractivity contribution is 5.17. The van der Waals surface area contributed by atoms with Crippen LogP contribution in [0.15, 0.2) is 23.0 Å². The summed E-state index contributed by atoms with van der Waals surface area (Å²) >= 11 is 0. The van der Waals surface area contributed by atoms with E-state index in [9.17, 15) is 44.2 Å². The van der Waals surface area contributed by atoms with Crippen LogP contribution >= 0.6 is 0 Å². The Kier molecular flexibility index (Phi) is 23.4. The molecule has 1 fully saturated rings. The van der Waals surface area contributed by atoms with Crippen LogP contribution in [0, 0.1) is 11.6 Å². The van der Waals surface area contributed by atoms with E-state index in [1.54, 1.807) is 6.07 Å². The van der Waals surface area contributed by atoms with Crippen molar-refractivity contribution >= 4 is 0 Å². The van der Waals surface area contributed by atoms with Crippen molar-refractivity contribution in [3.63, 3.8) is 0 Å². The Morgan fingerprint density at radius 1 is 0.750 bits per heavy atom. The summed E-state index contributed by atoms with van der Waals surface area (Å²) < 4.78 is 39.8. The first-order valence-corrected chi connectivity index (χ1v) is 21.3. The molecule has 13 nitrogen and oxygen atoms in total. The van der Waals surface area contributed by atoms with E-state index < -0.39 is 79.5 Å². The number of rotatable bonds is 31. The number of nitrogens with zero attached hydrogens (tertiary/aromatic N) is 4. The van der Waals surface area contributed by atoms with Crippen LogP contribution in [0.5, 0.6) is 0 Å². The van der Waals surface area contributed by atoms with Crippen LogP contribution in [0.25, 0.3) is 0 Å². The maximum atomic E-state index is 13.5. The Morgan fingerprint density at radius 3 is 1.91 bits per heavy atom. The first-order valence-electron chi connectivity index (χ1n) is 21.3. The lowest BCUT2D eigenvalue weighted by molar-refractivity contribution is -0.304. The number of hydrogen-bond donors (Lipinski definition) is 6. The van der Waals surface area contributed by atoms with Gasteiger partial charge in [-0.25, -0.2) is 13.6 Å². The predicted molar refractivity (Wildman–Crippen MR) is 208 cm³/mol. The number of tetrazole rings is 1. The van der Waals surface area contributed by atoms with Gasteiger partial charge in [-0.2, -0.15) is 9.36 Å². The maximum Gasteiger partial charge on any atom is 0.364 e. The minimum Gasteiger partial charge on any atom is -0.394 e. The van der Waals surface area contributed by atoms with E-state index in [0.29, 0.717) is 25.8 Å². The fraction of sp³-hybridized carbons (Fsp3) is 0.829. The zero-order valence-corrected chi connectivity index (χ0v) is 33.5. The van der Waals surface area contributed by atoms with Gasteiger partial charge in [-0.15, -0.1) is 0 Å². The summed E-state index contributed by atoms with van der Waals surface area (Å²) in [6, 6.07) is 2.81. The van der Waals surface area contributed by atoms with Crippen molar-refractivity contribution in [3.05, 3.63) is 45.9 Å². The highest BCUT2D eigenvalue weighted by Crippen LogP contribution is 2.25. The van der Waals surface area contributed by atoms with Crippen molar-refractivity contribution in [2.45, 2.75) is 204 Å². The molecular weight excluding hydrogens is 730 g/mol. The fourth-order valence-electron chi connectivity index (χ4n) is 7.32. The van der Waals surface area contributed by atoms with E-state index in [1.165, 1.54) is 62.1 Å². The molecule has 0 saturated carbocycles. The van der Waals surface area contributed by atoms with Crippen molar-refractivity contribution < 1.29 is 48.9 Å². The van der Waals surface area contributed by atoms with E-state index >= 15 is 0 Å². The Bertz CT molecular complexity index is 1380. The molecule has 0 bridgehead atoms. The van der Waals surface area contributed by atoms with Gasteiger partial charge in [0.05, 0.1) is 19.3 Å². The number of halogens is 2. The lowest BCUT2D eigenvalue weighted by atomic mass is 9.98. The molecule has 6 N–H and O–H groups in total. The number of benzene rings is 1. The smallest absolute Gasteiger partial charge is 0.364 e. The first kappa shape index (κ1) is 48.0. The minimum atomic E-state index is -1.68. The van der Waals surface area contributed by atoms with Crippen LogP contribution < -0.4 is 5.69 Å². The van der Waals surface area contributed by atoms with Gasteiger partial charge in [0.2, 0.25) is 0 Å². The highest BCUT2D eigenvalue weighted by atomic mass is 19.2. The summed E-state index contributed by atoms with van der Waals surface area (Å²) in [5.74, 6) is -1.65. The van der Waals surface area contributed by atoms with Crippen molar-refractivity contribution in [2.24, 2.45) is 0 Å². The zero-order valence-electron chi connectivity index (χ0n) is 33.5. The van der Waals surface area contributed by atoms with Crippen LogP contribution in [-0.2, 0) is 22.4 Å². The zero-order chi connectivity index (χ0) is 40.7. The molecule has 1 saturated heterocycles. The SMILES string of the molecule is CCCCCCCCCCCCCC[C@@H](O)[C@@H](O)[C@H](COC1OC(CO)C(O)C(O)C1O)n1nnn(CCCCCCCCCCc2ccc(F)c(F)c2)c1=O.